The number of hydrogen-bond donors (Lipinski definition) is 0. The number of carbonyl (C=O) groups is 1. The summed E-state index contributed by atoms with van der Waals surface area (Å²) in [7, 11) is 1.54. The Labute approximate surface area is 113 Å². The molecule has 0 heterocycles. The van der Waals surface area contributed by atoms with Crippen molar-refractivity contribution in [3.63, 3.8) is 0 Å². The number of rotatable bonds is 6. The van der Waals surface area contributed by atoms with Gasteiger partial charge in [-0.2, -0.15) is 5.26 Å². The number of para-hydroxylation sites is 2. The van der Waals surface area contributed by atoms with Crippen LogP contribution in [0.1, 0.15) is 13.8 Å². The Hall–Kier alpha value is -2.22. The number of ether oxygens (including phenoxy) is 2. The highest BCUT2D eigenvalue weighted by atomic mass is 16.5. The molecule has 0 atom stereocenters. The summed E-state index contributed by atoms with van der Waals surface area (Å²) in [5, 5.41) is 8.70. The highest BCUT2D eigenvalue weighted by Crippen LogP contribution is 2.25. The fourth-order valence-corrected chi connectivity index (χ4v) is 1.60. The average molecular weight is 262 g/mol. The van der Waals surface area contributed by atoms with Crippen LogP contribution in [0.15, 0.2) is 24.3 Å². The molecule has 1 rings (SSSR count). The molecule has 1 aromatic carbocycles. The minimum Gasteiger partial charge on any atom is -0.493 e. The number of amides is 1. The van der Waals surface area contributed by atoms with Gasteiger partial charge in [-0.3, -0.25) is 4.79 Å². The van der Waals surface area contributed by atoms with Crippen LogP contribution in [-0.4, -0.2) is 37.1 Å². The molecule has 0 spiro atoms. The van der Waals surface area contributed by atoms with Gasteiger partial charge in [-0.1, -0.05) is 12.1 Å². The first-order valence-electron chi connectivity index (χ1n) is 6.02. The summed E-state index contributed by atoms with van der Waals surface area (Å²) in [6.07, 6.45) is 0. The molecular formula is C14H18N2O3. The maximum atomic E-state index is 12.0. The molecule has 5 heteroatoms. The monoisotopic (exact) mass is 262 g/mol. The summed E-state index contributed by atoms with van der Waals surface area (Å²) in [4.78, 5) is 13.4. The molecule has 0 saturated carbocycles. The van der Waals surface area contributed by atoms with Crippen molar-refractivity contribution >= 4 is 5.91 Å². The second kappa shape index (κ2) is 7.27. The van der Waals surface area contributed by atoms with Crippen LogP contribution >= 0.6 is 0 Å². The molecule has 0 aliphatic rings. The van der Waals surface area contributed by atoms with Crippen molar-refractivity contribution in [2.45, 2.75) is 19.9 Å². The molecule has 0 aliphatic heterocycles. The van der Waals surface area contributed by atoms with E-state index in [1.54, 1.807) is 25.3 Å². The molecule has 1 aromatic rings. The fourth-order valence-electron chi connectivity index (χ4n) is 1.60. The lowest BCUT2D eigenvalue weighted by Crippen LogP contribution is -2.40. The first-order chi connectivity index (χ1) is 9.10. The molecule has 102 valence electrons. The Kier molecular flexibility index (Phi) is 5.68. The molecular weight excluding hydrogens is 244 g/mol. The van der Waals surface area contributed by atoms with Gasteiger partial charge in [-0.25, -0.2) is 0 Å². The van der Waals surface area contributed by atoms with E-state index in [-0.39, 0.29) is 25.1 Å². The summed E-state index contributed by atoms with van der Waals surface area (Å²) < 4.78 is 10.6. The first kappa shape index (κ1) is 14.8. The van der Waals surface area contributed by atoms with E-state index in [1.807, 2.05) is 26.0 Å². The smallest absolute Gasteiger partial charge is 0.261 e. The lowest BCUT2D eigenvalue weighted by atomic mass is 10.3. The maximum Gasteiger partial charge on any atom is 0.261 e. The zero-order valence-electron chi connectivity index (χ0n) is 11.4. The van der Waals surface area contributed by atoms with E-state index in [1.165, 1.54) is 4.90 Å². The summed E-state index contributed by atoms with van der Waals surface area (Å²) in [5.74, 6) is 0.869. The van der Waals surface area contributed by atoms with Gasteiger partial charge in [0.05, 0.1) is 13.2 Å². The van der Waals surface area contributed by atoms with Crippen LogP contribution in [0.25, 0.3) is 0 Å². The Morgan fingerprint density at radius 1 is 1.37 bits per heavy atom. The second-order valence-corrected chi connectivity index (χ2v) is 4.21. The highest BCUT2D eigenvalue weighted by molar-refractivity contribution is 5.78. The minimum atomic E-state index is -0.220. The molecule has 0 aliphatic carbocycles. The summed E-state index contributed by atoms with van der Waals surface area (Å²) in [6.45, 7) is 3.67. The number of nitriles is 1. The third-order valence-corrected chi connectivity index (χ3v) is 2.60. The standard InChI is InChI=1S/C14H18N2O3/c1-11(2)16(9-8-15)14(17)10-19-13-7-5-4-6-12(13)18-3/h4-7,11H,9-10H2,1-3H3. The van der Waals surface area contributed by atoms with Gasteiger partial charge < -0.3 is 14.4 Å². The van der Waals surface area contributed by atoms with Crippen molar-refractivity contribution in [2.75, 3.05) is 20.3 Å². The maximum absolute atomic E-state index is 12.0. The van der Waals surface area contributed by atoms with Crippen molar-refractivity contribution in [2.24, 2.45) is 0 Å². The summed E-state index contributed by atoms with van der Waals surface area (Å²) in [5.41, 5.74) is 0. The van der Waals surface area contributed by atoms with E-state index in [4.69, 9.17) is 14.7 Å². The van der Waals surface area contributed by atoms with Crippen LogP contribution < -0.4 is 9.47 Å². The SMILES string of the molecule is COc1ccccc1OCC(=O)N(CC#N)C(C)C. The number of benzene rings is 1. The largest absolute Gasteiger partial charge is 0.493 e. The normalized spacial score (nSPS) is 9.84. The highest BCUT2D eigenvalue weighted by Gasteiger charge is 2.17. The van der Waals surface area contributed by atoms with Crippen molar-refractivity contribution in [1.29, 1.82) is 5.26 Å². The number of hydrogen-bond acceptors (Lipinski definition) is 4. The molecule has 0 radical (unpaired) electrons. The second-order valence-electron chi connectivity index (χ2n) is 4.21. The summed E-state index contributed by atoms with van der Waals surface area (Å²) >= 11 is 0. The minimum absolute atomic E-state index is 0.0339. The van der Waals surface area contributed by atoms with Crippen molar-refractivity contribution in [3.05, 3.63) is 24.3 Å². The number of nitrogens with zero attached hydrogens (tertiary/aromatic N) is 2. The van der Waals surface area contributed by atoms with E-state index in [2.05, 4.69) is 0 Å². The third-order valence-electron chi connectivity index (χ3n) is 2.60. The molecule has 0 saturated heterocycles. The zero-order chi connectivity index (χ0) is 14.3. The van der Waals surface area contributed by atoms with Gasteiger partial charge in [0.2, 0.25) is 0 Å². The lowest BCUT2D eigenvalue weighted by Gasteiger charge is -2.23. The Morgan fingerprint density at radius 2 is 2.00 bits per heavy atom. The molecule has 0 unspecified atom stereocenters. The Bertz CT molecular complexity index is 466. The predicted octanol–water partition coefficient (Wildman–Crippen LogP) is 1.83. The van der Waals surface area contributed by atoms with Crippen LogP contribution in [-0.2, 0) is 4.79 Å². The quantitative estimate of drug-likeness (QED) is 0.734. The van der Waals surface area contributed by atoms with Gasteiger partial charge in [-0.15, -0.1) is 0 Å². The zero-order valence-corrected chi connectivity index (χ0v) is 11.4. The van der Waals surface area contributed by atoms with Gasteiger partial charge in [0, 0.05) is 6.04 Å². The van der Waals surface area contributed by atoms with E-state index in [0.717, 1.165) is 0 Å². The number of carbonyl (C=O) groups excluding carboxylic acids is 1. The van der Waals surface area contributed by atoms with Crippen molar-refractivity contribution < 1.29 is 14.3 Å². The van der Waals surface area contributed by atoms with Gasteiger partial charge in [-0.05, 0) is 26.0 Å². The van der Waals surface area contributed by atoms with Crippen LogP contribution in [0.5, 0.6) is 11.5 Å². The van der Waals surface area contributed by atoms with Crippen molar-refractivity contribution in [3.8, 4) is 17.6 Å². The van der Waals surface area contributed by atoms with Gasteiger partial charge >= 0.3 is 0 Å². The van der Waals surface area contributed by atoms with E-state index >= 15 is 0 Å². The van der Waals surface area contributed by atoms with Crippen LogP contribution in [0.2, 0.25) is 0 Å². The number of methoxy groups -OCH3 is 1. The molecule has 0 fully saturated rings. The van der Waals surface area contributed by atoms with Crippen molar-refractivity contribution in [1.82, 2.24) is 4.90 Å². The average Bonchev–Trinajstić information content (AvgIpc) is 2.42. The lowest BCUT2D eigenvalue weighted by molar-refractivity contribution is -0.134. The predicted molar refractivity (Wildman–Crippen MR) is 71.0 cm³/mol. The van der Waals surface area contributed by atoms with Crippen LogP contribution in [0, 0.1) is 11.3 Å². The molecule has 0 N–H and O–H groups in total. The molecule has 19 heavy (non-hydrogen) atoms. The third kappa shape index (κ3) is 4.18. The molecule has 0 aromatic heterocycles. The first-order valence-corrected chi connectivity index (χ1v) is 6.02. The fraction of sp³-hybridized carbons (Fsp3) is 0.429. The van der Waals surface area contributed by atoms with E-state index in [9.17, 15) is 4.79 Å². The van der Waals surface area contributed by atoms with E-state index < -0.39 is 0 Å². The molecule has 0 bridgehead atoms. The van der Waals surface area contributed by atoms with Crippen LogP contribution in [0.3, 0.4) is 0 Å². The Balaban J connectivity index is 2.65. The topological polar surface area (TPSA) is 62.6 Å². The van der Waals surface area contributed by atoms with Crippen LogP contribution in [0.4, 0.5) is 0 Å². The molecule has 5 nitrogen and oxygen atoms in total. The Morgan fingerprint density at radius 3 is 2.53 bits per heavy atom. The van der Waals surface area contributed by atoms with Gasteiger partial charge in [0.25, 0.3) is 5.91 Å². The van der Waals surface area contributed by atoms with E-state index in [0.29, 0.717) is 11.5 Å². The van der Waals surface area contributed by atoms with Gasteiger partial charge in [0.15, 0.2) is 18.1 Å². The summed E-state index contributed by atoms with van der Waals surface area (Å²) in [6, 6.07) is 9.06. The van der Waals surface area contributed by atoms with Gasteiger partial charge in [0.1, 0.15) is 6.54 Å². The molecule has 1 amide bonds.